The van der Waals surface area contributed by atoms with Gasteiger partial charge in [-0.3, -0.25) is 9.69 Å². The fourth-order valence-corrected chi connectivity index (χ4v) is 2.89. The van der Waals surface area contributed by atoms with Gasteiger partial charge in [0.15, 0.2) is 0 Å². The Morgan fingerprint density at radius 3 is 2.28 bits per heavy atom. The zero-order valence-electron chi connectivity index (χ0n) is 14.2. The van der Waals surface area contributed by atoms with E-state index in [-0.39, 0.29) is 11.7 Å². The number of ether oxygens (including phenoxy) is 1. The Hall–Kier alpha value is -2.60. The predicted octanol–water partition coefficient (Wildman–Crippen LogP) is 2.60. The molecule has 25 heavy (non-hydrogen) atoms. The first-order chi connectivity index (χ1) is 12.1. The number of piperazine rings is 1. The van der Waals surface area contributed by atoms with Crippen molar-refractivity contribution in [1.29, 1.82) is 0 Å². The maximum atomic E-state index is 12.9. The Labute approximate surface area is 147 Å². The van der Waals surface area contributed by atoms with Crippen molar-refractivity contribution in [1.82, 2.24) is 4.90 Å². The van der Waals surface area contributed by atoms with Gasteiger partial charge in [0.05, 0.1) is 13.7 Å². The largest absolute Gasteiger partial charge is 0.497 e. The second-order valence-electron chi connectivity index (χ2n) is 6.02. The molecule has 132 valence electrons. The van der Waals surface area contributed by atoms with E-state index in [0.29, 0.717) is 12.2 Å². The van der Waals surface area contributed by atoms with E-state index in [1.165, 1.54) is 12.1 Å². The number of nitrogens with one attached hydrogen (secondary N) is 1. The average Bonchev–Trinajstić information content (AvgIpc) is 2.64. The number of rotatable bonds is 5. The summed E-state index contributed by atoms with van der Waals surface area (Å²) in [5, 5.41) is 2.80. The van der Waals surface area contributed by atoms with E-state index in [2.05, 4.69) is 27.2 Å². The van der Waals surface area contributed by atoms with E-state index in [0.717, 1.165) is 37.6 Å². The molecule has 1 N–H and O–H groups in total. The molecule has 6 heteroatoms. The maximum Gasteiger partial charge on any atom is 0.238 e. The molecule has 0 saturated carbocycles. The van der Waals surface area contributed by atoms with Crippen molar-refractivity contribution in [2.24, 2.45) is 0 Å². The Balaban J connectivity index is 1.46. The normalized spacial score (nSPS) is 15.0. The van der Waals surface area contributed by atoms with E-state index in [9.17, 15) is 9.18 Å². The molecule has 1 aliphatic heterocycles. The number of halogens is 1. The number of methoxy groups -OCH3 is 1. The van der Waals surface area contributed by atoms with Gasteiger partial charge in [0.2, 0.25) is 5.91 Å². The summed E-state index contributed by atoms with van der Waals surface area (Å²) < 4.78 is 18.1. The topological polar surface area (TPSA) is 44.8 Å². The number of nitrogens with zero attached hydrogens (tertiary/aromatic N) is 2. The monoisotopic (exact) mass is 343 g/mol. The predicted molar refractivity (Wildman–Crippen MR) is 96.7 cm³/mol. The molecule has 1 aliphatic rings. The molecule has 0 unspecified atom stereocenters. The van der Waals surface area contributed by atoms with Gasteiger partial charge in [-0.1, -0.05) is 0 Å². The lowest BCUT2D eigenvalue weighted by molar-refractivity contribution is -0.117. The lowest BCUT2D eigenvalue weighted by Crippen LogP contribution is -2.48. The molecule has 1 saturated heterocycles. The fraction of sp³-hybridized carbons (Fsp3) is 0.316. The van der Waals surface area contributed by atoms with Crippen LogP contribution in [0.5, 0.6) is 5.75 Å². The van der Waals surface area contributed by atoms with Gasteiger partial charge in [0, 0.05) is 37.6 Å². The second-order valence-corrected chi connectivity index (χ2v) is 6.02. The molecule has 1 fully saturated rings. The van der Waals surface area contributed by atoms with Crippen LogP contribution >= 0.6 is 0 Å². The number of amides is 1. The number of anilines is 2. The Morgan fingerprint density at radius 1 is 1.04 bits per heavy atom. The first-order valence-corrected chi connectivity index (χ1v) is 8.31. The lowest BCUT2D eigenvalue weighted by Gasteiger charge is -2.35. The smallest absolute Gasteiger partial charge is 0.238 e. The van der Waals surface area contributed by atoms with E-state index in [1.54, 1.807) is 19.2 Å². The highest BCUT2D eigenvalue weighted by atomic mass is 19.1. The molecule has 0 radical (unpaired) electrons. The van der Waals surface area contributed by atoms with Crippen LogP contribution in [0, 0.1) is 5.82 Å². The molecule has 5 nitrogen and oxygen atoms in total. The van der Waals surface area contributed by atoms with Crippen molar-refractivity contribution < 1.29 is 13.9 Å². The molecule has 0 bridgehead atoms. The van der Waals surface area contributed by atoms with E-state index < -0.39 is 0 Å². The molecule has 0 atom stereocenters. The van der Waals surface area contributed by atoms with Crippen molar-refractivity contribution in [2.75, 3.05) is 50.1 Å². The Kier molecular flexibility index (Phi) is 5.50. The summed E-state index contributed by atoms with van der Waals surface area (Å²) in [6.07, 6.45) is 0. The summed E-state index contributed by atoms with van der Waals surface area (Å²) in [6, 6.07) is 13.8. The molecule has 2 aromatic rings. The summed E-state index contributed by atoms with van der Waals surface area (Å²) >= 11 is 0. The van der Waals surface area contributed by atoms with E-state index in [1.807, 2.05) is 12.1 Å². The third-order valence-electron chi connectivity index (χ3n) is 4.31. The average molecular weight is 343 g/mol. The quantitative estimate of drug-likeness (QED) is 0.906. The standard InChI is InChI=1S/C19H22FN3O2/c1-25-18-8-6-17(7-9-18)23-12-10-22(11-13-23)14-19(24)21-16-4-2-15(20)3-5-16/h2-9H,10-14H2,1H3,(H,21,24). The minimum atomic E-state index is -0.312. The van der Waals surface area contributed by atoms with Gasteiger partial charge in [0.25, 0.3) is 0 Å². The number of carbonyl (C=O) groups is 1. The maximum absolute atomic E-state index is 12.9. The third-order valence-corrected chi connectivity index (χ3v) is 4.31. The van der Waals surface area contributed by atoms with Gasteiger partial charge in [-0.2, -0.15) is 0 Å². The lowest BCUT2D eigenvalue weighted by atomic mass is 10.2. The van der Waals surface area contributed by atoms with Crippen LogP contribution in [0.3, 0.4) is 0 Å². The van der Waals surface area contributed by atoms with Gasteiger partial charge < -0.3 is 15.0 Å². The van der Waals surface area contributed by atoms with Crippen LogP contribution in [-0.2, 0) is 4.79 Å². The van der Waals surface area contributed by atoms with Crippen LogP contribution in [-0.4, -0.2) is 50.6 Å². The highest BCUT2D eigenvalue weighted by molar-refractivity contribution is 5.92. The van der Waals surface area contributed by atoms with Crippen LogP contribution in [0.4, 0.5) is 15.8 Å². The van der Waals surface area contributed by atoms with E-state index in [4.69, 9.17) is 4.74 Å². The molecule has 1 amide bonds. The highest BCUT2D eigenvalue weighted by Gasteiger charge is 2.19. The number of hydrogen-bond acceptors (Lipinski definition) is 4. The van der Waals surface area contributed by atoms with Gasteiger partial charge in [0.1, 0.15) is 11.6 Å². The summed E-state index contributed by atoms with van der Waals surface area (Å²) in [7, 11) is 1.66. The first kappa shape index (κ1) is 17.2. The van der Waals surface area contributed by atoms with E-state index >= 15 is 0 Å². The molecule has 2 aromatic carbocycles. The highest BCUT2D eigenvalue weighted by Crippen LogP contribution is 2.20. The minimum absolute atomic E-state index is 0.0792. The van der Waals surface area contributed by atoms with Crippen molar-refractivity contribution in [3.05, 3.63) is 54.3 Å². The van der Waals surface area contributed by atoms with Gasteiger partial charge in [-0.05, 0) is 48.5 Å². The van der Waals surface area contributed by atoms with Crippen molar-refractivity contribution in [3.63, 3.8) is 0 Å². The number of benzene rings is 2. The first-order valence-electron chi connectivity index (χ1n) is 8.31. The van der Waals surface area contributed by atoms with Gasteiger partial charge >= 0.3 is 0 Å². The molecule has 0 aromatic heterocycles. The van der Waals surface area contributed by atoms with Crippen molar-refractivity contribution in [3.8, 4) is 5.75 Å². The summed E-state index contributed by atoms with van der Waals surface area (Å²) in [5.41, 5.74) is 1.78. The van der Waals surface area contributed by atoms with Gasteiger partial charge in [-0.15, -0.1) is 0 Å². The molecular formula is C19H22FN3O2. The van der Waals surface area contributed by atoms with Crippen LogP contribution in [0.25, 0.3) is 0 Å². The Bertz CT molecular complexity index is 696. The molecule has 3 rings (SSSR count). The Morgan fingerprint density at radius 2 is 1.68 bits per heavy atom. The summed E-state index contributed by atoms with van der Waals surface area (Å²) in [6.45, 7) is 3.73. The van der Waals surface area contributed by atoms with Crippen molar-refractivity contribution in [2.45, 2.75) is 0 Å². The summed E-state index contributed by atoms with van der Waals surface area (Å²) in [5.74, 6) is 0.456. The zero-order chi connectivity index (χ0) is 17.6. The zero-order valence-corrected chi connectivity index (χ0v) is 14.2. The van der Waals surface area contributed by atoms with Crippen LogP contribution in [0.2, 0.25) is 0 Å². The van der Waals surface area contributed by atoms with Crippen LogP contribution in [0.15, 0.2) is 48.5 Å². The molecule has 1 heterocycles. The third kappa shape index (κ3) is 4.70. The summed E-state index contributed by atoms with van der Waals surface area (Å²) in [4.78, 5) is 16.5. The number of carbonyl (C=O) groups excluding carboxylic acids is 1. The van der Waals surface area contributed by atoms with Gasteiger partial charge in [-0.25, -0.2) is 4.39 Å². The molecule has 0 aliphatic carbocycles. The SMILES string of the molecule is COc1ccc(N2CCN(CC(=O)Nc3ccc(F)cc3)CC2)cc1. The molecular weight excluding hydrogens is 321 g/mol. The van der Waals surface area contributed by atoms with Crippen LogP contribution in [0.1, 0.15) is 0 Å². The number of hydrogen-bond donors (Lipinski definition) is 1. The molecule has 0 spiro atoms. The minimum Gasteiger partial charge on any atom is -0.497 e. The van der Waals surface area contributed by atoms with Crippen LogP contribution < -0.4 is 15.0 Å². The fourth-order valence-electron chi connectivity index (χ4n) is 2.89. The second kappa shape index (κ2) is 7.98. The van der Waals surface area contributed by atoms with Crippen molar-refractivity contribution >= 4 is 17.3 Å².